The largest absolute Gasteiger partial charge is 1.00 e. The zero-order valence-corrected chi connectivity index (χ0v) is 26.7. The van der Waals surface area contributed by atoms with Crippen molar-refractivity contribution in [3.05, 3.63) is 0 Å². The monoisotopic (exact) mass is 438 g/mol. The second-order valence-electron chi connectivity index (χ2n) is 3.61. The fraction of sp³-hybridized carbons (Fsp3) is 0.600. The van der Waals surface area contributed by atoms with E-state index in [1.807, 2.05) is 0 Å². The Morgan fingerprint density at radius 2 is 1.13 bits per heavy atom. The zero-order valence-electron chi connectivity index (χ0n) is 18.2. The van der Waals surface area contributed by atoms with Crippen molar-refractivity contribution >= 4 is 23.9 Å². The molecule has 116 valence electrons. The number of carbonyl (C=O) groups is 4. The number of ether oxygens (including phenoxy) is 2. The van der Waals surface area contributed by atoms with Gasteiger partial charge in [0, 0.05) is 0 Å². The van der Waals surface area contributed by atoms with Crippen LogP contribution in [0.15, 0.2) is 0 Å². The Morgan fingerprint density at radius 1 is 0.783 bits per heavy atom. The maximum atomic E-state index is 11.1. The van der Waals surface area contributed by atoms with Crippen molar-refractivity contribution < 1.29 is 255 Å². The fourth-order valence-corrected chi connectivity index (χ4v) is 0.733. The number of carbonyl (C=O) groups excluding carboxylic acids is 4. The molecule has 3 unspecified atom stereocenters. The third-order valence-corrected chi connectivity index (χ3v) is 1.73. The topological polar surface area (TPSA) is 147 Å². The van der Waals surface area contributed by atoms with Gasteiger partial charge in [0.2, 0.25) is 0 Å². The van der Waals surface area contributed by atoms with Gasteiger partial charge in [-0.3, -0.25) is 4.79 Å². The summed E-state index contributed by atoms with van der Waals surface area (Å²) in [6.07, 6.45) is -6.08. The molecular formula is C10H18K4O9. The molecule has 0 aliphatic rings. The molecule has 0 aliphatic carbocycles. The molecule has 0 aromatic carbocycles. The maximum absolute atomic E-state index is 11.1. The standard InChI is InChI=1S/C10H14O9.4K.4H/c1-4(11)8(15)18-7(14)3-6(13)10(17)19-9(16)5(2)12;;;;;;;;/h4-6,11-13H,3H2,1-2H3;;;;;;;;/q;4*+1;4*-1. The summed E-state index contributed by atoms with van der Waals surface area (Å²) in [6, 6.07) is 0. The first-order valence-electron chi connectivity index (χ1n) is 5.19. The van der Waals surface area contributed by atoms with Gasteiger partial charge < -0.3 is 30.5 Å². The van der Waals surface area contributed by atoms with Crippen LogP contribution in [0.1, 0.15) is 26.0 Å². The van der Waals surface area contributed by atoms with Gasteiger partial charge in [-0.2, -0.15) is 0 Å². The fourth-order valence-electron chi connectivity index (χ4n) is 0.733. The molecule has 0 amide bonds. The summed E-state index contributed by atoms with van der Waals surface area (Å²) in [5.41, 5.74) is 0. The summed E-state index contributed by atoms with van der Waals surface area (Å²) < 4.78 is 8.06. The van der Waals surface area contributed by atoms with Crippen molar-refractivity contribution in [3.63, 3.8) is 0 Å². The number of rotatable bonds is 5. The van der Waals surface area contributed by atoms with Crippen molar-refractivity contribution in [2.45, 2.75) is 38.6 Å². The van der Waals surface area contributed by atoms with Crippen molar-refractivity contribution in [3.8, 4) is 0 Å². The Bertz CT molecular complexity index is 403. The molecule has 0 aromatic heterocycles. The molecule has 0 aromatic rings. The van der Waals surface area contributed by atoms with E-state index in [0.717, 1.165) is 13.8 Å². The number of hydrogen-bond donors (Lipinski definition) is 3. The van der Waals surface area contributed by atoms with Crippen molar-refractivity contribution in [2.24, 2.45) is 0 Å². The number of aliphatic hydroxyl groups excluding tert-OH is 3. The Hall–Kier alpha value is 4.71. The molecule has 0 saturated heterocycles. The van der Waals surface area contributed by atoms with Crippen LogP contribution in [-0.2, 0) is 28.7 Å². The van der Waals surface area contributed by atoms with Gasteiger partial charge in [-0.05, 0) is 13.8 Å². The van der Waals surface area contributed by atoms with E-state index in [1.54, 1.807) is 0 Å². The Morgan fingerprint density at radius 3 is 1.48 bits per heavy atom. The van der Waals surface area contributed by atoms with E-state index in [2.05, 4.69) is 9.47 Å². The molecule has 0 rings (SSSR count). The van der Waals surface area contributed by atoms with Crippen LogP contribution in [0.2, 0.25) is 0 Å². The van der Waals surface area contributed by atoms with Gasteiger partial charge >= 0.3 is 229 Å². The molecule has 0 spiro atoms. The van der Waals surface area contributed by atoms with Crippen LogP contribution in [0.5, 0.6) is 0 Å². The molecule has 3 atom stereocenters. The minimum absolute atomic E-state index is 0. The minimum atomic E-state index is -2.03. The molecule has 0 saturated carbocycles. The summed E-state index contributed by atoms with van der Waals surface area (Å²) in [7, 11) is 0. The van der Waals surface area contributed by atoms with E-state index in [9.17, 15) is 24.3 Å². The van der Waals surface area contributed by atoms with Crippen LogP contribution >= 0.6 is 0 Å². The predicted molar refractivity (Wildman–Crippen MR) is 60.6 cm³/mol. The normalized spacial score (nSPS) is 12.4. The van der Waals surface area contributed by atoms with Crippen molar-refractivity contribution in [1.82, 2.24) is 0 Å². The SMILES string of the molecule is CC(O)C(=O)OC(=O)CC(O)C(=O)OC(=O)C(C)O.[H-].[H-].[H-].[H-].[K+].[K+].[K+].[K+]. The summed E-state index contributed by atoms with van der Waals surface area (Å²) in [4.78, 5) is 43.7. The van der Waals surface area contributed by atoms with Crippen molar-refractivity contribution in [2.75, 3.05) is 0 Å². The molecular weight excluding hydrogens is 420 g/mol. The third-order valence-electron chi connectivity index (χ3n) is 1.73. The number of esters is 4. The molecule has 0 fully saturated rings. The van der Waals surface area contributed by atoms with Crippen LogP contribution in [-0.4, -0.2) is 57.5 Å². The summed E-state index contributed by atoms with van der Waals surface area (Å²) in [6.45, 7) is 2.10. The summed E-state index contributed by atoms with van der Waals surface area (Å²) in [5.74, 6) is -5.28. The van der Waals surface area contributed by atoms with E-state index >= 15 is 0 Å². The van der Waals surface area contributed by atoms with Gasteiger partial charge in [-0.15, -0.1) is 0 Å². The zero-order chi connectivity index (χ0) is 15.2. The van der Waals surface area contributed by atoms with Crippen LogP contribution in [0.25, 0.3) is 0 Å². The van der Waals surface area contributed by atoms with Gasteiger partial charge in [0.15, 0.2) is 6.10 Å². The Labute approximate surface area is 309 Å². The molecule has 0 bridgehead atoms. The van der Waals surface area contributed by atoms with E-state index in [0.29, 0.717) is 0 Å². The average Bonchev–Trinajstić information content (AvgIpc) is 2.27. The molecule has 0 radical (unpaired) electrons. The summed E-state index contributed by atoms with van der Waals surface area (Å²) in [5, 5.41) is 26.7. The van der Waals surface area contributed by atoms with Crippen LogP contribution in [0.4, 0.5) is 0 Å². The maximum Gasteiger partial charge on any atom is 1.00 e. The summed E-state index contributed by atoms with van der Waals surface area (Å²) >= 11 is 0. The number of hydrogen-bond acceptors (Lipinski definition) is 9. The van der Waals surface area contributed by atoms with E-state index in [-0.39, 0.29) is 211 Å². The average molecular weight is 439 g/mol. The Kier molecular flexibility index (Phi) is 35.7. The second-order valence-corrected chi connectivity index (χ2v) is 3.61. The van der Waals surface area contributed by atoms with Crippen molar-refractivity contribution in [1.29, 1.82) is 0 Å². The molecule has 9 nitrogen and oxygen atoms in total. The van der Waals surface area contributed by atoms with Gasteiger partial charge in [-0.1, -0.05) is 0 Å². The van der Waals surface area contributed by atoms with E-state index < -0.39 is 48.6 Å². The molecule has 0 heterocycles. The Balaban J connectivity index is -0.0000000579. The van der Waals surface area contributed by atoms with Crippen LogP contribution in [0.3, 0.4) is 0 Å². The number of aliphatic hydroxyl groups is 3. The second kappa shape index (κ2) is 21.4. The quantitative estimate of drug-likeness (QED) is 0.216. The molecule has 3 N–H and O–H groups in total. The first-order chi connectivity index (χ1) is 8.65. The van der Waals surface area contributed by atoms with Gasteiger partial charge in [0.1, 0.15) is 12.2 Å². The molecule has 0 aliphatic heterocycles. The first kappa shape index (κ1) is 38.3. The van der Waals surface area contributed by atoms with Crippen LogP contribution < -0.4 is 206 Å². The minimum Gasteiger partial charge on any atom is -1.00 e. The van der Waals surface area contributed by atoms with Gasteiger partial charge in [0.25, 0.3) is 0 Å². The van der Waals surface area contributed by atoms with E-state index in [4.69, 9.17) is 10.2 Å². The predicted octanol–water partition coefficient (Wildman–Crippen LogP) is -13.9. The third kappa shape index (κ3) is 19.8. The van der Waals surface area contributed by atoms with Gasteiger partial charge in [-0.25, -0.2) is 14.4 Å². The smallest absolute Gasteiger partial charge is 1.00 e. The first-order valence-corrected chi connectivity index (χ1v) is 5.19. The van der Waals surface area contributed by atoms with Gasteiger partial charge in [0.05, 0.1) is 6.42 Å². The van der Waals surface area contributed by atoms with E-state index in [1.165, 1.54) is 0 Å². The molecule has 13 heteroatoms. The van der Waals surface area contributed by atoms with Crippen LogP contribution in [0, 0.1) is 0 Å². The molecule has 23 heavy (non-hydrogen) atoms.